The minimum absolute atomic E-state index is 0.479. The molecule has 2 rings (SSSR count). The summed E-state index contributed by atoms with van der Waals surface area (Å²) in [5.74, 6) is 0. The smallest absolute Gasteiger partial charge is 0.145 e. The van der Waals surface area contributed by atoms with Gasteiger partial charge in [-0.15, -0.1) is 0 Å². The van der Waals surface area contributed by atoms with Gasteiger partial charge < -0.3 is 5.32 Å². The van der Waals surface area contributed by atoms with Crippen molar-refractivity contribution in [3.05, 3.63) is 59.4 Å². The van der Waals surface area contributed by atoms with Gasteiger partial charge in [0.25, 0.3) is 0 Å². The fourth-order valence-electron chi connectivity index (χ4n) is 1.63. The van der Waals surface area contributed by atoms with Crippen molar-refractivity contribution in [2.45, 2.75) is 13.5 Å². The minimum Gasteiger partial charge on any atom is -0.381 e. The van der Waals surface area contributed by atoms with E-state index in [4.69, 9.17) is 5.26 Å². The lowest BCUT2D eigenvalue weighted by molar-refractivity contribution is 1.09. The van der Waals surface area contributed by atoms with Crippen LogP contribution in [0.15, 0.2) is 42.6 Å². The molecule has 0 radical (unpaired) electrons. The fourth-order valence-corrected chi connectivity index (χ4v) is 1.63. The van der Waals surface area contributed by atoms with Crippen molar-refractivity contribution in [3.8, 4) is 6.07 Å². The number of aryl methyl sites for hydroxylation is 1. The molecule has 1 aromatic carbocycles. The van der Waals surface area contributed by atoms with Crippen LogP contribution in [0.2, 0.25) is 0 Å². The maximum absolute atomic E-state index is 8.92. The molecular formula is C14H13N3. The summed E-state index contributed by atoms with van der Waals surface area (Å²) in [5, 5.41) is 12.2. The highest BCUT2D eigenvalue weighted by Gasteiger charge is 2.01. The summed E-state index contributed by atoms with van der Waals surface area (Å²) in [4.78, 5) is 4.03. The van der Waals surface area contributed by atoms with Crippen LogP contribution in [0, 0.1) is 18.3 Å². The molecule has 2 aromatic rings. The van der Waals surface area contributed by atoms with E-state index in [-0.39, 0.29) is 0 Å². The lowest BCUT2D eigenvalue weighted by atomic mass is 10.2. The molecule has 0 saturated carbocycles. The van der Waals surface area contributed by atoms with E-state index in [0.29, 0.717) is 12.2 Å². The van der Waals surface area contributed by atoms with Crippen LogP contribution < -0.4 is 5.32 Å². The minimum atomic E-state index is 0.479. The Morgan fingerprint density at radius 1 is 1.29 bits per heavy atom. The standard InChI is InChI=1S/C14H13N3/c1-11-4-2-6-13(8-11)17-10-12-5-3-7-16-14(12)9-15/h2-8,17H,10H2,1H3. The number of hydrogen-bond donors (Lipinski definition) is 1. The molecule has 0 spiro atoms. The van der Waals surface area contributed by atoms with E-state index in [9.17, 15) is 0 Å². The Morgan fingerprint density at radius 2 is 2.18 bits per heavy atom. The van der Waals surface area contributed by atoms with Crippen LogP contribution in [-0.2, 0) is 6.54 Å². The van der Waals surface area contributed by atoms with Crippen LogP contribution in [0.4, 0.5) is 5.69 Å². The fraction of sp³-hybridized carbons (Fsp3) is 0.143. The number of anilines is 1. The van der Waals surface area contributed by atoms with Crippen molar-refractivity contribution in [2.75, 3.05) is 5.32 Å². The van der Waals surface area contributed by atoms with Crippen LogP contribution in [0.1, 0.15) is 16.8 Å². The van der Waals surface area contributed by atoms with Gasteiger partial charge in [-0.3, -0.25) is 0 Å². The van der Waals surface area contributed by atoms with E-state index < -0.39 is 0 Å². The van der Waals surface area contributed by atoms with E-state index in [1.54, 1.807) is 6.20 Å². The molecule has 0 fully saturated rings. The number of hydrogen-bond acceptors (Lipinski definition) is 3. The second-order valence-electron chi connectivity index (χ2n) is 3.85. The first-order chi connectivity index (χ1) is 8.29. The van der Waals surface area contributed by atoms with Crippen molar-refractivity contribution in [3.63, 3.8) is 0 Å². The van der Waals surface area contributed by atoms with Gasteiger partial charge in [-0.2, -0.15) is 5.26 Å². The number of benzene rings is 1. The van der Waals surface area contributed by atoms with E-state index in [2.05, 4.69) is 35.4 Å². The predicted octanol–water partition coefficient (Wildman–Crippen LogP) is 2.87. The first kappa shape index (κ1) is 11.2. The molecule has 0 aliphatic rings. The molecule has 0 amide bonds. The third-order valence-electron chi connectivity index (χ3n) is 2.50. The van der Waals surface area contributed by atoms with Gasteiger partial charge in [-0.25, -0.2) is 4.98 Å². The van der Waals surface area contributed by atoms with Gasteiger partial charge in [0.1, 0.15) is 11.8 Å². The Morgan fingerprint density at radius 3 is 2.94 bits per heavy atom. The normalized spacial score (nSPS) is 9.65. The number of nitrogens with one attached hydrogen (secondary N) is 1. The average molecular weight is 223 g/mol. The topological polar surface area (TPSA) is 48.7 Å². The molecule has 0 aliphatic carbocycles. The van der Waals surface area contributed by atoms with Crippen molar-refractivity contribution in [1.29, 1.82) is 5.26 Å². The maximum atomic E-state index is 8.92. The zero-order valence-corrected chi connectivity index (χ0v) is 9.64. The zero-order valence-electron chi connectivity index (χ0n) is 9.64. The Labute approximate surface area is 101 Å². The Hall–Kier alpha value is -2.34. The second-order valence-corrected chi connectivity index (χ2v) is 3.85. The Bertz CT molecular complexity index is 555. The van der Waals surface area contributed by atoms with E-state index in [1.165, 1.54) is 5.56 Å². The highest BCUT2D eigenvalue weighted by molar-refractivity contribution is 5.46. The molecule has 0 unspecified atom stereocenters. The van der Waals surface area contributed by atoms with Crippen LogP contribution in [0.3, 0.4) is 0 Å². The molecule has 1 N–H and O–H groups in total. The molecule has 3 nitrogen and oxygen atoms in total. The van der Waals surface area contributed by atoms with E-state index in [1.807, 2.05) is 24.3 Å². The average Bonchev–Trinajstić information content (AvgIpc) is 2.37. The summed E-state index contributed by atoms with van der Waals surface area (Å²) in [5.41, 5.74) is 3.66. The summed E-state index contributed by atoms with van der Waals surface area (Å²) in [6.07, 6.45) is 1.63. The predicted molar refractivity (Wildman–Crippen MR) is 67.5 cm³/mol. The van der Waals surface area contributed by atoms with Crippen molar-refractivity contribution >= 4 is 5.69 Å². The van der Waals surface area contributed by atoms with E-state index >= 15 is 0 Å². The molecular weight excluding hydrogens is 210 g/mol. The summed E-state index contributed by atoms with van der Waals surface area (Å²) >= 11 is 0. The van der Waals surface area contributed by atoms with Gasteiger partial charge >= 0.3 is 0 Å². The van der Waals surface area contributed by atoms with Gasteiger partial charge in [-0.1, -0.05) is 18.2 Å². The summed E-state index contributed by atoms with van der Waals surface area (Å²) in [7, 11) is 0. The number of nitriles is 1. The Balaban J connectivity index is 2.10. The van der Waals surface area contributed by atoms with Gasteiger partial charge in [-0.05, 0) is 30.7 Å². The second kappa shape index (κ2) is 5.13. The van der Waals surface area contributed by atoms with Gasteiger partial charge in [0.15, 0.2) is 0 Å². The summed E-state index contributed by atoms with van der Waals surface area (Å²) in [6.45, 7) is 2.66. The van der Waals surface area contributed by atoms with Crippen molar-refractivity contribution in [2.24, 2.45) is 0 Å². The number of rotatable bonds is 3. The Kier molecular flexibility index (Phi) is 3.37. The number of aromatic nitrogens is 1. The van der Waals surface area contributed by atoms with Gasteiger partial charge in [0.2, 0.25) is 0 Å². The molecule has 0 bridgehead atoms. The lowest BCUT2D eigenvalue weighted by Gasteiger charge is -2.07. The summed E-state index contributed by atoms with van der Waals surface area (Å²) in [6, 6.07) is 14.0. The molecule has 17 heavy (non-hydrogen) atoms. The van der Waals surface area contributed by atoms with Crippen LogP contribution in [-0.4, -0.2) is 4.98 Å². The first-order valence-electron chi connectivity index (χ1n) is 5.44. The molecule has 3 heteroatoms. The summed E-state index contributed by atoms with van der Waals surface area (Å²) < 4.78 is 0. The number of nitrogens with zero attached hydrogens (tertiary/aromatic N) is 2. The molecule has 84 valence electrons. The first-order valence-corrected chi connectivity index (χ1v) is 5.44. The lowest BCUT2D eigenvalue weighted by Crippen LogP contribution is -2.02. The number of pyridine rings is 1. The molecule has 0 atom stereocenters. The monoisotopic (exact) mass is 223 g/mol. The van der Waals surface area contributed by atoms with Gasteiger partial charge in [0, 0.05) is 24.0 Å². The molecule has 0 aliphatic heterocycles. The van der Waals surface area contributed by atoms with Gasteiger partial charge in [0.05, 0.1) is 0 Å². The van der Waals surface area contributed by atoms with Crippen molar-refractivity contribution < 1.29 is 0 Å². The third-order valence-corrected chi connectivity index (χ3v) is 2.50. The molecule has 1 aromatic heterocycles. The molecule has 1 heterocycles. The van der Waals surface area contributed by atoms with Crippen LogP contribution in [0.5, 0.6) is 0 Å². The quantitative estimate of drug-likeness (QED) is 0.870. The highest BCUT2D eigenvalue weighted by Crippen LogP contribution is 2.12. The highest BCUT2D eigenvalue weighted by atomic mass is 14.9. The molecule has 0 saturated heterocycles. The zero-order chi connectivity index (χ0) is 12.1. The van der Waals surface area contributed by atoms with Crippen LogP contribution in [0.25, 0.3) is 0 Å². The SMILES string of the molecule is Cc1cccc(NCc2cccnc2C#N)c1. The third kappa shape index (κ3) is 2.82. The largest absolute Gasteiger partial charge is 0.381 e. The maximum Gasteiger partial charge on any atom is 0.145 e. The van der Waals surface area contributed by atoms with Crippen LogP contribution >= 0.6 is 0 Å². The van der Waals surface area contributed by atoms with Crippen molar-refractivity contribution in [1.82, 2.24) is 4.98 Å². The van der Waals surface area contributed by atoms with E-state index in [0.717, 1.165) is 11.3 Å².